The standard InChI is InChI=1S/C19H33NO3/c1-3-20(4-2)12-17(21)13-23-18(22)11-19-8-14-5-15(9-19)7-16(6-14)10-19/h14-17,21H,3-13H2,1-2H3/t14?,15?,16?,17-,19?/m1/s1. The van der Waals surface area contributed by atoms with Gasteiger partial charge in [-0.1, -0.05) is 13.8 Å². The van der Waals surface area contributed by atoms with E-state index in [0.29, 0.717) is 13.0 Å². The lowest BCUT2D eigenvalue weighted by molar-refractivity contribution is -0.155. The van der Waals surface area contributed by atoms with Crippen molar-refractivity contribution in [3.8, 4) is 0 Å². The Bertz CT molecular complexity index is 384. The third-order valence-electron chi connectivity index (χ3n) is 6.48. The van der Waals surface area contributed by atoms with E-state index in [1.165, 1.54) is 38.5 Å². The number of nitrogens with zero attached hydrogens (tertiary/aromatic N) is 1. The molecule has 4 fully saturated rings. The lowest BCUT2D eigenvalue weighted by atomic mass is 9.49. The molecule has 4 saturated carbocycles. The van der Waals surface area contributed by atoms with E-state index in [0.717, 1.165) is 30.8 Å². The minimum Gasteiger partial charge on any atom is -0.463 e. The fourth-order valence-corrected chi connectivity index (χ4v) is 5.89. The maximum absolute atomic E-state index is 12.3. The minimum absolute atomic E-state index is 0.0921. The summed E-state index contributed by atoms with van der Waals surface area (Å²) in [5.74, 6) is 2.50. The van der Waals surface area contributed by atoms with Crippen LogP contribution in [0.1, 0.15) is 58.8 Å². The lowest BCUT2D eigenvalue weighted by Crippen LogP contribution is -2.47. The number of hydrogen-bond acceptors (Lipinski definition) is 4. The van der Waals surface area contributed by atoms with Crippen LogP contribution in [0.3, 0.4) is 0 Å². The molecule has 0 unspecified atom stereocenters. The van der Waals surface area contributed by atoms with Gasteiger partial charge in [0.05, 0.1) is 6.42 Å². The highest BCUT2D eigenvalue weighted by atomic mass is 16.5. The molecular formula is C19H33NO3. The molecule has 0 aromatic rings. The van der Waals surface area contributed by atoms with E-state index in [-0.39, 0.29) is 18.0 Å². The topological polar surface area (TPSA) is 49.8 Å². The van der Waals surface area contributed by atoms with Gasteiger partial charge in [0.1, 0.15) is 12.7 Å². The first-order chi connectivity index (χ1) is 11.0. The zero-order valence-electron chi connectivity index (χ0n) is 14.8. The van der Waals surface area contributed by atoms with Crippen LogP contribution in [0.25, 0.3) is 0 Å². The first-order valence-electron chi connectivity index (χ1n) is 9.58. The average molecular weight is 323 g/mol. The molecule has 132 valence electrons. The van der Waals surface area contributed by atoms with Gasteiger partial charge in [-0.3, -0.25) is 4.79 Å². The largest absolute Gasteiger partial charge is 0.463 e. The molecule has 0 saturated heterocycles. The number of aliphatic hydroxyl groups excluding tert-OH is 1. The Morgan fingerprint density at radius 1 is 1.13 bits per heavy atom. The van der Waals surface area contributed by atoms with Crippen LogP contribution in [0.4, 0.5) is 0 Å². The maximum Gasteiger partial charge on any atom is 0.306 e. The molecule has 4 aliphatic rings. The number of esters is 1. The summed E-state index contributed by atoms with van der Waals surface area (Å²) in [7, 11) is 0. The first kappa shape index (κ1) is 17.2. The summed E-state index contributed by atoms with van der Waals surface area (Å²) in [5.41, 5.74) is 0.232. The van der Waals surface area contributed by atoms with Crippen LogP contribution in [0.2, 0.25) is 0 Å². The monoisotopic (exact) mass is 323 g/mol. The smallest absolute Gasteiger partial charge is 0.306 e. The van der Waals surface area contributed by atoms with Crippen LogP contribution in [0.15, 0.2) is 0 Å². The highest BCUT2D eigenvalue weighted by molar-refractivity contribution is 5.70. The van der Waals surface area contributed by atoms with E-state index in [9.17, 15) is 9.90 Å². The second-order valence-corrected chi connectivity index (χ2v) is 8.42. The first-order valence-corrected chi connectivity index (χ1v) is 9.58. The van der Waals surface area contributed by atoms with E-state index in [2.05, 4.69) is 18.7 Å². The van der Waals surface area contributed by atoms with Gasteiger partial charge in [-0.15, -0.1) is 0 Å². The van der Waals surface area contributed by atoms with Crippen LogP contribution in [0.5, 0.6) is 0 Å². The summed E-state index contributed by atoms with van der Waals surface area (Å²) in [6, 6.07) is 0. The third-order valence-corrected chi connectivity index (χ3v) is 6.48. The fraction of sp³-hybridized carbons (Fsp3) is 0.947. The van der Waals surface area contributed by atoms with Crippen molar-refractivity contribution in [1.82, 2.24) is 4.90 Å². The highest BCUT2D eigenvalue weighted by Crippen LogP contribution is 2.61. The Hall–Kier alpha value is -0.610. The van der Waals surface area contributed by atoms with Crippen molar-refractivity contribution < 1.29 is 14.6 Å². The van der Waals surface area contributed by atoms with Crippen LogP contribution < -0.4 is 0 Å². The molecule has 4 rings (SSSR count). The van der Waals surface area contributed by atoms with Gasteiger partial charge in [-0.25, -0.2) is 0 Å². The summed E-state index contributed by atoms with van der Waals surface area (Å²) in [6.45, 7) is 6.70. The van der Waals surface area contributed by atoms with Crippen LogP contribution in [0, 0.1) is 23.2 Å². The molecule has 0 aromatic heterocycles. The van der Waals surface area contributed by atoms with Crippen molar-refractivity contribution in [3.63, 3.8) is 0 Å². The maximum atomic E-state index is 12.3. The van der Waals surface area contributed by atoms with E-state index in [4.69, 9.17) is 4.74 Å². The Balaban J connectivity index is 1.44. The molecule has 4 bridgehead atoms. The van der Waals surface area contributed by atoms with Crippen molar-refractivity contribution in [2.24, 2.45) is 23.2 Å². The summed E-state index contributed by atoms with van der Waals surface area (Å²) in [5, 5.41) is 10.0. The lowest BCUT2D eigenvalue weighted by Gasteiger charge is -2.56. The predicted molar refractivity (Wildman–Crippen MR) is 90.0 cm³/mol. The van der Waals surface area contributed by atoms with Crippen molar-refractivity contribution in [3.05, 3.63) is 0 Å². The number of aliphatic hydroxyl groups is 1. The quantitative estimate of drug-likeness (QED) is 0.698. The number of carbonyl (C=O) groups is 1. The Labute approximate surface area is 140 Å². The summed E-state index contributed by atoms with van der Waals surface area (Å²) >= 11 is 0. The Morgan fingerprint density at radius 3 is 2.13 bits per heavy atom. The van der Waals surface area contributed by atoms with E-state index >= 15 is 0 Å². The SMILES string of the molecule is CCN(CC)C[C@@H](O)COC(=O)CC12CC3CC(CC(C3)C1)C2. The summed E-state index contributed by atoms with van der Waals surface area (Å²) < 4.78 is 5.42. The van der Waals surface area contributed by atoms with Gasteiger partial charge in [-0.2, -0.15) is 0 Å². The Kier molecular flexibility index (Phi) is 5.32. The van der Waals surface area contributed by atoms with E-state index < -0.39 is 6.10 Å². The minimum atomic E-state index is -0.574. The molecule has 4 aliphatic carbocycles. The second kappa shape index (κ2) is 7.10. The van der Waals surface area contributed by atoms with Gasteiger partial charge in [0.2, 0.25) is 0 Å². The highest BCUT2D eigenvalue weighted by Gasteiger charge is 2.51. The van der Waals surface area contributed by atoms with Gasteiger partial charge in [0, 0.05) is 6.54 Å². The summed E-state index contributed by atoms with van der Waals surface area (Å²) in [6.07, 6.45) is 7.90. The molecular weight excluding hydrogens is 290 g/mol. The van der Waals surface area contributed by atoms with Crippen molar-refractivity contribution >= 4 is 5.97 Å². The molecule has 4 heteroatoms. The molecule has 23 heavy (non-hydrogen) atoms. The number of hydrogen-bond donors (Lipinski definition) is 1. The Morgan fingerprint density at radius 2 is 1.65 bits per heavy atom. The normalized spacial score (nSPS) is 36.4. The number of rotatable bonds is 8. The molecule has 0 aromatic carbocycles. The van der Waals surface area contributed by atoms with Crippen LogP contribution in [-0.4, -0.2) is 48.3 Å². The van der Waals surface area contributed by atoms with Crippen molar-refractivity contribution in [1.29, 1.82) is 0 Å². The molecule has 0 spiro atoms. The van der Waals surface area contributed by atoms with Gasteiger partial charge < -0.3 is 14.7 Å². The molecule has 1 N–H and O–H groups in total. The van der Waals surface area contributed by atoms with Crippen LogP contribution in [-0.2, 0) is 9.53 Å². The van der Waals surface area contributed by atoms with Crippen molar-refractivity contribution in [2.45, 2.75) is 64.9 Å². The predicted octanol–water partition coefficient (Wildman–Crippen LogP) is 2.84. The van der Waals surface area contributed by atoms with Gasteiger partial charge in [-0.05, 0) is 74.8 Å². The summed E-state index contributed by atoms with van der Waals surface area (Å²) in [4.78, 5) is 14.5. The van der Waals surface area contributed by atoms with Gasteiger partial charge >= 0.3 is 5.97 Å². The average Bonchev–Trinajstić information content (AvgIpc) is 2.48. The number of ether oxygens (including phenoxy) is 1. The van der Waals surface area contributed by atoms with Crippen molar-refractivity contribution in [2.75, 3.05) is 26.2 Å². The zero-order chi connectivity index (χ0) is 16.4. The molecule has 1 atom stereocenters. The molecule has 0 radical (unpaired) electrons. The fourth-order valence-electron chi connectivity index (χ4n) is 5.89. The zero-order valence-corrected chi connectivity index (χ0v) is 14.8. The number of likely N-dealkylation sites (N-methyl/N-ethyl adjacent to an activating group) is 1. The second-order valence-electron chi connectivity index (χ2n) is 8.42. The molecule has 4 nitrogen and oxygen atoms in total. The molecule has 0 heterocycles. The molecule has 0 aliphatic heterocycles. The molecule has 0 amide bonds. The van der Waals surface area contributed by atoms with E-state index in [1.807, 2.05) is 0 Å². The third kappa shape index (κ3) is 4.08. The van der Waals surface area contributed by atoms with Gasteiger partial charge in [0.15, 0.2) is 0 Å². The number of carbonyl (C=O) groups excluding carboxylic acids is 1. The van der Waals surface area contributed by atoms with E-state index in [1.54, 1.807) is 0 Å². The van der Waals surface area contributed by atoms with Gasteiger partial charge in [0.25, 0.3) is 0 Å². The van der Waals surface area contributed by atoms with Crippen LogP contribution >= 0.6 is 0 Å².